The van der Waals surface area contributed by atoms with E-state index in [9.17, 15) is 4.79 Å². The average molecular weight is 259 g/mol. The fourth-order valence-electron chi connectivity index (χ4n) is 1.52. The molecular formula is C16H21NO2. The summed E-state index contributed by atoms with van der Waals surface area (Å²) in [5.74, 6) is -0.291. The molecule has 0 heterocycles. The Morgan fingerprint density at radius 1 is 1.42 bits per heavy atom. The van der Waals surface area contributed by atoms with Gasteiger partial charge in [-0.1, -0.05) is 24.3 Å². The summed E-state index contributed by atoms with van der Waals surface area (Å²) >= 11 is 0. The van der Waals surface area contributed by atoms with Crippen LogP contribution in [0.4, 0.5) is 0 Å². The van der Waals surface area contributed by atoms with E-state index < -0.39 is 0 Å². The van der Waals surface area contributed by atoms with Gasteiger partial charge in [0, 0.05) is 0 Å². The van der Waals surface area contributed by atoms with Crippen molar-refractivity contribution in [3.8, 4) is 6.07 Å². The quantitative estimate of drug-likeness (QED) is 0.413. The van der Waals surface area contributed by atoms with Crippen molar-refractivity contribution in [2.75, 3.05) is 6.61 Å². The molecular weight excluding hydrogens is 238 g/mol. The molecule has 0 rings (SSSR count). The average Bonchev–Trinajstić information content (AvgIpc) is 2.37. The van der Waals surface area contributed by atoms with Gasteiger partial charge in [-0.15, -0.1) is 0 Å². The maximum Gasteiger partial charge on any atom is 0.310 e. The molecule has 0 N–H and O–H groups in total. The van der Waals surface area contributed by atoms with E-state index in [2.05, 4.69) is 12.6 Å². The first kappa shape index (κ1) is 16.9. The third kappa shape index (κ3) is 5.87. The van der Waals surface area contributed by atoms with Crippen molar-refractivity contribution < 1.29 is 9.53 Å². The van der Waals surface area contributed by atoms with Gasteiger partial charge in [-0.2, -0.15) is 5.26 Å². The van der Waals surface area contributed by atoms with E-state index in [1.54, 1.807) is 19.1 Å². The van der Waals surface area contributed by atoms with Crippen LogP contribution in [0.5, 0.6) is 0 Å². The number of hydrogen-bond acceptors (Lipinski definition) is 3. The van der Waals surface area contributed by atoms with Gasteiger partial charge < -0.3 is 4.74 Å². The number of nitriles is 1. The summed E-state index contributed by atoms with van der Waals surface area (Å²) in [6.45, 7) is 11.5. The molecule has 0 aliphatic rings. The lowest BCUT2D eigenvalue weighted by atomic mass is 9.98. The van der Waals surface area contributed by atoms with Crippen LogP contribution < -0.4 is 0 Å². The van der Waals surface area contributed by atoms with Gasteiger partial charge in [-0.05, 0) is 44.9 Å². The lowest BCUT2D eigenvalue weighted by Crippen LogP contribution is -2.04. The second-order valence-corrected chi connectivity index (χ2v) is 4.13. The number of carbonyl (C=O) groups is 1. The molecule has 0 fully saturated rings. The lowest BCUT2D eigenvalue weighted by molar-refractivity contribution is -0.142. The second kappa shape index (κ2) is 8.93. The predicted octanol–water partition coefficient (Wildman–Crippen LogP) is 3.86. The third-order valence-electron chi connectivity index (χ3n) is 2.48. The summed E-state index contributed by atoms with van der Waals surface area (Å²) in [4.78, 5) is 11.5. The van der Waals surface area contributed by atoms with Crippen LogP contribution in [0.25, 0.3) is 0 Å². The fourth-order valence-corrected chi connectivity index (χ4v) is 1.52. The standard InChI is InChI=1S/C16H21NO2/c1-6-13(10-16(18)19-8-3)9-15(12(4)5)14(7-2)11-17/h6-7,9H,1,8,10H2,2-5H3/b13-9+,14-7-. The normalized spacial score (nSPS) is 11.5. The van der Waals surface area contributed by atoms with Gasteiger partial charge in [-0.25, -0.2) is 0 Å². The van der Waals surface area contributed by atoms with Crippen LogP contribution >= 0.6 is 0 Å². The number of ether oxygens (including phenoxy) is 1. The Hall–Kier alpha value is -2.08. The molecule has 0 radical (unpaired) electrons. The minimum atomic E-state index is -0.291. The fraction of sp³-hybridized carbons (Fsp3) is 0.375. The molecule has 0 aliphatic heterocycles. The molecule has 0 aromatic rings. The Kier molecular flexibility index (Phi) is 7.95. The summed E-state index contributed by atoms with van der Waals surface area (Å²) in [5, 5.41) is 9.10. The van der Waals surface area contributed by atoms with E-state index in [0.717, 1.165) is 16.7 Å². The smallest absolute Gasteiger partial charge is 0.310 e. The molecule has 19 heavy (non-hydrogen) atoms. The highest BCUT2D eigenvalue weighted by Crippen LogP contribution is 2.19. The first-order valence-corrected chi connectivity index (χ1v) is 6.23. The van der Waals surface area contributed by atoms with Crippen molar-refractivity contribution in [2.45, 2.75) is 34.1 Å². The van der Waals surface area contributed by atoms with E-state index in [0.29, 0.717) is 12.2 Å². The molecule has 0 atom stereocenters. The van der Waals surface area contributed by atoms with Crippen LogP contribution in [0.3, 0.4) is 0 Å². The SMILES string of the molecule is C=C/C(=C\C(=C(C)C)/C(C#N)=C\C)CC(=O)OCC. The Morgan fingerprint density at radius 2 is 2.05 bits per heavy atom. The van der Waals surface area contributed by atoms with Crippen LogP contribution in [-0.2, 0) is 9.53 Å². The summed E-state index contributed by atoms with van der Waals surface area (Å²) in [6, 6.07) is 2.15. The van der Waals surface area contributed by atoms with Gasteiger partial charge in [0.25, 0.3) is 0 Å². The first-order chi connectivity index (χ1) is 8.99. The minimum Gasteiger partial charge on any atom is -0.466 e. The first-order valence-electron chi connectivity index (χ1n) is 6.23. The summed E-state index contributed by atoms with van der Waals surface area (Å²) in [6.07, 6.45) is 5.35. The lowest BCUT2D eigenvalue weighted by Gasteiger charge is -2.07. The molecule has 0 aromatic carbocycles. The van der Waals surface area contributed by atoms with E-state index >= 15 is 0 Å². The summed E-state index contributed by atoms with van der Waals surface area (Å²) in [5.41, 5.74) is 3.16. The van der Waals surface area contributed by atoms with Crippen molar-refractivity contribution in [3.05, 3.63) is 47.1 Å². The van der Waals surface area contributed by atoms with Crippen molar-refractivity contribution >= 4 is 5.97 Å². The molecule has 0 aliphatic carbocycles. The molecule has 0 amide bonds. The van der Waals surface area contributed by atoms with E-state index in [-0.39, 0.29) is 12.4 Å². The molecule has 3 nitrogen and oxygen atoms in total. The monoisotopic (exact) mass is 259 g/mol. The number of carbonyl (C=O) groups excluding carboxylic acids is 1. The summed E-state index contributed by atoms with van der Waals surface area (Å²) < 4.78 is 4.91. The predicted molar refractivity (Wildman–Crippen MR) is 77.3 cm³/mol. The van der Waals surface area contributed by atoms with Crippen molar-refractivity contribution in [2.24, 2.45) is 0 Å². The number of esters is 1. The molecule has 0 aromatic heterocycles. The van der Waals surface area contributed by atoms with Gasteiger partial charge in [0.15, 0.2) is 0 Å². The zero-order valence-corrected chi connectivity index (χ0v) is 12.1. The van der Waals surface area contributed by atoms with Gasteiger partial charge >= 0.3 is 5.97 Å². The van der Waals surface area contributed by atoms with Crippen LogP contribution in [0.15, 0.2) is 47.1 Å². The van der Waals surface area contributed by atoms with Crippen molar-refractivity contribution in [3.63, 3.8) is 0 Å². The number of allylic oxidation sites excluding steroid dienone is 6. The molecule has 0 saturated heterocycles. The zero-order valence-electron chi connectivity index (χ0n) is 12.1. The van der Waals surface area contributed by atoms with Crippen LogP contribution in [0.1, 0.15) is 34.1 Å². The molecule has 102 valence electrons. The maximum absolute atomic E-state index is 11.5. The van der Waals surface area contributed by atoms with Crippen LogP contribution in [0.2, 0.25) is 0 Å². The largest absolute Gasteiger partial charge is 0.466 e. The van der Waals surface area contributed by atoms with Gasteiger partial charge in [0.1, 0.15) is 0 Å². The highest BCUT2D eigenvalue weighted by molar-refractivity contribution is 5.73. The Balaban J connectivity index is 5.34. The van der Waals surface area contributed by atoms with Crippen molar-refractivity contribution in [1.82, 2.24) is 0 Å². The maximum atomic E-state index is 11.5. The van der Waals surface area contributed by atoms with E-state index in [1.165, 1.54) is 0 Å². The van der Waals surface area contributed by atoms with Crippen LogP contribution in [0, 0.1) is 11.3 Å². The highest BCUT2D eigenvalue weighted by atomic mass is 16.5. The molecule has 0 bridgehead atoms. The highest BCUT2D eigenvalue weighted by Gasteiger charge is 2.08. The summed E-state index contributed by atoms with van der Waals surface area (Å²) in [7, 11) is 0. The number of hydrogen-bond donors (Lipinski definition) is 0. The molecule has 0 saturated carbocycles. The van der Waals surface area contributed by atoms with Gasteiger partial charge in [0.05, 0.1) is 24.7 Å². The minimum absolute atomic E-state index is 0.163. The zero-order chi connectivity index (χ0) is 14.8. The second-order valence-electron chi connectivity index (χ2n) is 4.13. The molecule has 0 unspecified atom stereocenters. The molecule has 0 spiro atoms. The van der Waals surface area contributed by atoms with Gasteiger partial charge in [-0.3, -0.25) is 4.79 Å². The third-order valence-corrected chi connectivity index (χ3v) is 2.48. The van der Waals surface area contributed by atoms with Crippen LogP contribution in [-0.4, -0.2) is 12.6 Å². The molecule has 3 heteroatoms. The Labute approximate surface area is 115 Å². The topological polar surface area (TPSA) is 50.1 Å². The van der Waals surface area contributed by atoms with E-state index in [1.807, 2.05) is 26.8 Å². The van der Waals surface area contributed by atoms with Gasteiger partial charge in [0.2, 0.25) is 0 Å². The Bertz CT molecular complexity index is 469. The van der Waals surface area contributed by atoms with E-state index in [4.69, 9.17) is 10.00 Å². The van der Waals surface area contributed by atoms with Crippen molar-refractivity contribution in [1.29, 1.82) is 5.26 Å². The Morgan fingerprint density at radius 3 is 2.42 bits per heavy atom. The number of nitrogens with zero attached hydrogens (tertiary/aromatic N) is 1. The number of rotatable bonds is 6.